The molecule has 0 radical (unpaired) electrons. The molecule has 0 unspecified atom stereocenters. The first kappa shape index (κ1) is 26.4. The molecule has 0 bridgehead atoms. The van der Waals surface area contributed by atoms with Crippen molar-refractivity contribution in [3.8, 4) is 5.75 Å². The molecule has 1 atom stereocenters. The number of benzene rings is 3. The summed E-state index contributed by atoms with van der Waals surface area (Å²) in [6, 6.07) is 18.9. The van der Waals surface area contributed by atoms with Gasteiger partial charge < -0.3 is 14.0 Å². The summed E-state index contributed by atoms with van der Waals surface area (Å²) in [5.41, 5.74) is 2.76. The molecule has 1 heterocycles. The maximum Gasteiger partial charge on any atom is 0.337 e. The van der Waals surface area contributed by atoms with Crippen LogP contribution < -0.4 is 4.74 Å². The summed E-state index contributed by atoms with van der Waals surface area (Å²) in [6.07, 6.45) is 6.41. The summed E-state index contributed by atoms with van der Waals surface area (Å²) < 4.78 is 40.6. The lowest BCUT2D eigenvalue weighted by Gasteiger charge is -2.26. The number of hydrogen-bond acceptors (Lipinski definition) is 7. The average molecular weight is 545 g/mol. The summed E-state index contributed by atoms with van der Waals surface area (Å²) in [5, 5.41) is 0. The van der Waals surface area contributed by atoms with E-state index in [1.807, 2.05) is 41.1 Å². The third kappa shape index (κ3) is 5.78. The number of ketones is 1. The molecule has 3 aromatic carbocycles. The highest BCUT2D eigenvalue weighted by atomic mass is 32.2. The average Bonchev–Trinajstić information content (AvgIpc) is 3.47. The Balaban J connectivity index is 1.57. The number of aromatic nitrogens is 2. The highest BCUT2D eigenvalue weighted by Gasteiger charge is 2.28. The van der Waals surface area contributed by atoms with Gasteiger partial charge in [-0.3, -0.25) is 4.79 Å². The molecule has 0 fully saturated rings. The molecule has 0 amide bonds. The number of imidazole rings is 1. The number of carbonyl (C=O) groups is 2. The molecule has 0 saturated heterocycles. The standard InChI is InChI=1S/C30H28N2O6S/c1-37-30(34)22-9-5-10-23(17-22)39(35,36)19-26-24-11-6-12-27(33)25(24)13-14-28(26)38-29(18-32-16-15-31-20-32)21-7-3-2-4-8-21/h2-5,7-10,13-17,20,29H,6,11-12,18-19H2,1H3/t29-/m1/s1. The maximum absolute atomic E-state index is 13.7. The van der Waals surface area contributed by atoms with E-state index in [0.717, 1.165) is 5.56 Å². The summed E-state index contributed by atoms with van der Waals surface area (Å²) in [5.74, 6) is -0.600. The van der Waals surface area contributed by atoms with Crippen molar-refractivity contribution in [1.82, 2.24) is 9.55 Å². The SMILES string of the molecule is COC(=O)c1cccc(S(=O)(=O)Cc2c(O[C@H](Cn3ccnc3)c3ccccc3)ccc3c2CCCC3=O)c1. The molecular formula is C30H28N2O6S. The van der Waals surface area contributed by atoms with Crippen molar-refractivity contribution in [3.63, 3.8) is 0 Å². The van der Waals surface area contributed by atoms with Crippen LogP contribution in [0.1, 0.15) is 56.4 Å². The van der Waals surface area contributed by atoms with Crippen LogP contribution in [0, 0.1) is 0 Å². The normalized spacial score (nSPS) is 13.9. The van der Waals surface area contributed by atoms with Crippen molar-refractivity contribution in [3.05, 3.63) is 113 Å². The van der Waals surface area contributed by atoms with Gasteiger partial charge in [0.1, 0.15) is 11.9 Å². The molecular weight excluding hydrogens is 516 g/mol. The monoisotopic (exact) mass is 544 g/mol. The molecule has 200 valence electrons. The fourth-order valence-corrected chi connectivity index (χ4v) is 6.33. The maximum atomic E-state index is 13.7. The zero-order valence-electron chi connectivity index (χ0n) is 21.4. The van der Waals surface area contributed by atoms with Gasteiger partial charge in [0.2, 0.25) is 0 Å². The Bertz CT molecular complexity index is 1600. The molecule has 1 aliphatic rings. The van der Waals surface area contributed by atoms with Crippen LogP contribution >= 0.6 is 0 Å². The van der Waals surface area contributed by atoms with Gasteiger partial charge >= 0.3 is 5.97 Å². The van der Waals surface area contributed by atoms with E-state index in [2.05, 4.69) is 4.98 Å². The summed E-state index contributed by atoms with van der Waals surface area (Å²) in [6.45, 7) is 0.452. The van der Waals surface area contributed by atoms with Gasteiger partial charge in [0.05, 0.1) is 36.2 Å². The smallest absolute Gasteiger partial charge is 0.337 e. The van der Waals surface area contributed by atoms with Crippen LogP contribution in [-0.2, 0) is 33.3 Å². The Morgan fingerprint density at radius 3 is 2.62 bits per heavy atom. The molecule has 0 saturated carbocycles. The molecule has 39 heavy (non-hydrogen) atoms. The van der Waals surface area contributed by atoms with E-state index in [4.69, 9.17) is 9.47 Å². The van der Waals surface area contributed by atoms with Gasteiger partial charge in [-0.1, -0.05) is 36.4 Å². The van der Waals surface area contributed by atoms with Gasteiger partial charge in [0, 0.05) is 29.9 Å². The van der Waals surface area contributed by atoms with Gasteiger partial charge in [-0.15, -0.1) is 0 Å². The number of carbonyl (C=O) groups excluding carboxylic acids is 2. The van der Waals surface area contributed by atoms with Crippen molar-refractivity contribution < 1.29 is 27.5 Å². The number of ether oxygens (including phenoxy) is 2. The topological polar surface area (TPSA) is 105 Å². The van der Waals surface area contributed by atoms with Crippen LogP contribution in [0.25, 0.3) is 0 Å². The summed E-state index contributed by atoms with van der Waals surface area (Å²) in [7, 11) is -2.67. The zero-order chi connectivity index (χ0) is 27.4. The predicted octanol–water partition coefficient (Wildman–Crippen LogP) is 4.98. The number of methoxy groups -OCH3 is 1. The Labute approximate surface area is 227 Å². The molecule has 1 aliphatic carbocycles. The minimum atomic E-state index is -3.92. The van der Waals surface area contributed by atoms with Crippen LogP contribution in [0.15, 0.2) is 90.3 Å². The minimum absolute atomic E-state index is 0.00545. The highest BCUT2D eigenvalue weighted by Crippen LogP contribution is 2.36. The lowest BCUT2D eigenvalue weighted by atomic mass is 9.87. The van der Waals surface area contributed by atoms with Crippen LogP contribution in [-0.4, -0.2) is 36.8 Å². The first-order valence-electron chi connectivity index (χ1n) is 12.6. The lowest BCUT2D eigenvalue weighted by molar-refractivity contribution is 0.0600. The fraction of sp³-hybridized carbons (Fsp3) is 0.233. The predicted molar refractivity (Wildman–Crippen MR) is 144 cm³/mol. The van der Waals surface area contributed by atoms with E-state index in [0.29, 0.717) is 48.2 Å². The van der Waals surface area contributed by atoms with E-state index in [-0.39, 0.29) is 22.0 Å². The second-order valence-electron chi connectivity index (χ2n) is 9.40. The Morgan fingerprint density at radius 2 is 1.87 bits per heavy atom. The third-order valence-corrected chi connectivity index (χ3v) is 8.49. The lowest BCUT2D eigenvalue weighted by Crippen LogP contribution is -2.19. The number of sulfone groups is 1. The molecule has 5 rings (SSSR count). The number of rotatable bonds is 9. The van der Waals surface area contributed by atoms with Gasteiger partial charge in [-0.05, 0) is 54.3 Å². The van der Waals surface area contributed by atoms with E-state index >= 15 is 0 Å². The summed E-state index contributed by atoms with van der Waals surface area (Å²) in [4.78, 5) is 28.9. The van der Waals surface area contributed by atoms with E-state index in [1.54, 1.807) is 24.7 Å². The van der Waals surface area contributed by atoms with E-state index < -0.39 is 21.9 Å². The van der Waals surface area contributed by atoms with Crippen molar-refractivity contribution in [1.29, 1.82) is 0 Å². The molecule has 8 nitrogen and oxygen atoms in total. The van der Waals surface area contributed by atoms with Crippen LogP contribution in [0.4, 0.5) is 0 Å². The second-order valence-corrected chi connectivity index (χ2v) is 11.4. The van der Waals surface area contributed by atoms with Crippen LogP contribution in [0.3, 0.4) is 0 Å². The quantitative estimate of drug-likeness (QED) is 0.274. The first-order chi connectivity index (χ1) is 18.9. The largest absolute Gasteiger partial charge is 0.484 e. The molecule has 1 aromatic heterocycles. The minimum Gasteiger partial charge on any atom is -0.484 e. The molecule has 0 spiro atoms. The second kappa shape index (κ2) is 11.2. The van der Waals surface area contributed by atoms with Gasteiger partial charge in [0.25, 0.3) is 0 Å². The zero-order valence-corrected chi connectivity index (χ0v) is 22.3. The Morgan fingerprint density at radius 1 is 1.05 bits per heavy atom. The first-order valence-corrected chi connectivity index (χ1v) is 14.3. The van der Waals surface area contributed by atoms with Crippen LogP contribution in [0.2, 0.25) is 0 Å². The van der Waals surface area contributed by atoms with Crippen molar-refractivity contribution in [2.75, 3.05) is 7.11 Å². The number of nitrogens with zero attached hydrogens (tertiary/aromatic N) is 2. The molecule has 0 N–H and O–H groups in total. The molecule has 9 heteroatoms. The van der Waals surface area contributed by atoms with Crippen molar-refractivity contribution in [2.45, 2.75) is 42.6 Å². The third-order valence-electron chi connectivity index (χ3n) is 6.84. The molecule has 4 aromatic rings. The number of esters is 1. The Kier molecular flexibility index (Phi) is 7.60. The highest BCUT2D eigenvalue weighted by molar-refractivity contribution is 7.90. The van der Waals surface area contributed by atoms with Crippen molar-refractivity contribution >= 4 is 21.6 Å². The van der Waals surface area contributed by atoms with Gasteiger partial charge in [0.15, 0.2) is 15.6 Å². The number of fused-ring (bicyclic) bond motifs is 1. The summed E-state index contributed by atoms with van der Waals surface area (Å²) >= 11 is 0. The number of hydrogen-bond donors (Lipinski definition) is 0. The molecule has 0 aliphatic heterocycles. The van der Waals surface area contributed by atoms with E-state index in [1.165, 1.54) is 31.4 Å². The number of Topliss-reactive ketones (excluding diaryl/α,β-unsaturated/α-hetero) is 1. The van der Waals surface area contributed by atoms with Gasteiger partial charge in [-0.2, -0.15) is 0 Å². The van der Waals surface area contributed by atoms with Gasteiger partial charge in [-0.25, -0.2) is 18.2 Å². The van der Waals surface area contributed by atoms with Crippen LogP contribution in [0.5, 0.6) is 5.75 Å². The Hall–Kier alpha value is -4.24. The van der Waals surface area contributed by atoms with E-state index in [9.17, 15) is 18.0 Å². The fourth-order valence-electron chi connectivity index (χ4n) is 4.87. The van der Waals surface area contributed by atoms with Crippen molar-refractivity contribution in [2.24, 2.45) is 0 Å².